The zero-order chi connectivity index (χ0) is 27.8. The molecule has 172 valence electrons. The zero-order valence-corrected chi connectivity index (χ0v) is 20.6. The Morgan fingerprint density at radius 1 is 0.459 bits per heavy atom. The minimum Gasteiger partial charge on any atom is -0.135 e. The first-order valence-corrected chi connectivity index (χ1v) is 13.2. The normalized spacial score (nSPS) is 13.3. The average Bonchev–Trinajstić information content (AvgIpc) is 3.39. The number of benzene rings is 7. The van der Waals surface area contributed by atoms with Gasteiger partial charge in [0.2, 0.25) is 0 Å². The lowest BCUT2D eigenvalue weighted by Crippen LogP contribution is -1.87. The summed E-state index contributed by atoms with van der Waals surface area (Å²) in [5, 5.41) is 8.28. The molecule has 0 bridgehead atoms. The number of hydrogen-bond acceptors (Lipinski definition) is 1. The van der Waals surface area contributed by atoms with Crippen molar-refractivity contribution in [1.29, 1.82) is 0 Å². The van der Waals surface area contributed by atoms with E-state index in [0.717, 1.165) is 63.6 Å². The van der Waals surface area contributed by atoms with E-state index in [2.05, 4.69) is 48.5 Å². The van der Waals surface area contributed by atoms with Gasteiger partial charge in [-0.25, -0.2) is 0 Å². The maximum absolute atomic E-state index is 9.30. The first kappa shape index (κ1) is 17.1. The highest BCUT2D eigenvalue weighted by Crippen LogP contribution is 2.42. The molecule has 37 heavy (non-hydrogen) atoms. The van der Waals surface area contributed by atoms with Crippen LogP contribution >= 0.6 is 11.3 Å². The van der Waals surface area contributed by atoms with Gasteiger partial charge in [-0.2, -0.15) is 0 Å². The Hall–Kier alpha value is -4.46. The van der Waals surface area contributed by atoms with Crippen molar-refractivity contribution in [1.82, 2.24) is 0 Å². The smallest absolute Gasteiger partial charge is 0.0629 e. The third-order valence-electron chi connectivity index (χ3n) is 7.32. The lowest BCUT2D eigenvalue weighted by Gasteiger charge is -2.14. The van der Waals surface area contributed by atoms with Crippen LogP contribution in [0.3, 0.4) is 0 Å². The predicted molar refractivity (Wildman–Crippen MR) is 163 cm³/mol. The van der Waals surface area contributed by atoms with Gasteiger partial charge in [-0.3, -0.25) is 0 Å². The Morgan fingerprint density at radius 3 is 2.00 bits per heavy atom. The van der Waals surface area contributed by atoms with Gasteiger partial charge < -0.3 is 0 Å². The minimum atomic E-state index is -0.0232. The molecule has 0 radical (unpaired) electrons. The van der Waals surface area contributed by atoms with Crippen molar-refractivity contribution in [3.63, 3.8) is 0 Å². The van der Waals surface area contributed by atoms with Gasteiger partial charge in [-0.1, -0.05) is 121 Å². The first-order chi connectivity index (χ1) is 20.0. The van der Waals surface area contributed by atoms with Crippen LogP contribution < -0.4 is 0 Å². The highest BCUT2D eigenvalue weighted by molar-refractivity contribution is 7.26. The quantitative estimate of drug-likeness (QED) is 0.167. The Kier molecular flexibility index (Phi) is 3.70. The van der Waals surface area contributed by atoms with Crippen LogP contribution in [0, 0.1) is 0 Å². The molecule has 7 aromatic carbocycles. The lowest BCUT2D eigenvalue weighted by molar-refractivity contribution is 1.65. The van der Waals surface area contributed by atoms with E-state index in [-0.39, 0.29) is 24.2 Å². The van der Waals surface area contributed by atoms with Crippen molar-refractivity contribution in [2.45, 2.75) is 0 Å². The molecule has 0 nitrogen and oxygen atoms in total. The molecule has 1 heterocycles. The lowest BCUT2D eigenvalue weighted by atomic mass is 9.89. The van der Waals surface area contributed by atoms with Gasteiger partial charge in [0, 0.05) is 20.2 Å². The Bertz CT molecular complexity index is 2340. The maximum atomic E-state index is 9.30. The third kappa shape index (κ3) is 3.15. The van der Waals surface area contributed by atoms with E-state index in [9.17, 15) is 5.48 Å². The third-order valence-corrected chi connectivity index (χ3v) is 8.54. The van der Waals surface area contributed by atoms with Gasteiger partial charge >= 0.3 is 0 Å². The van der Waals surface area contributed by atoms with Crippen LogP contribution in [0.15, 0.2) is 133 Å². The molecule has 0 aliphatic carbocycles. The number of thiophene rings is 1. The van der Waals surface area contributed by atoms with E-state index in [1.165, 1.54) is 0 Å². The van der Waals surface area contributed by atoms with Crippen LogP contribution in [0.1, 0.15) is 5.48 Å². The molecule has 8 rings (SSSR count). The maximum Gasteiger partial charge on any atom is 0.0629 e. The summed E-state index contributed by atoms with van der Waals surface area (Å²) in [7, 11) is 0. The summed E-state index contributed by atoms with van der Waals surface area (Å²) in [6.45, 7) is 0. The van der Waals surface area contributed by atoms with Crippen molar-refractivity contribution >= 4 is 63.8 Å². The second kappa shape index (κ2) is 8.03. The summed E-state index contributed by atoms with van der Waals surface area (Å²) in [6.07, 6.45) is 0. The van der Waals surface area contributed by atoms with Crippen LogP contribution in [0.5, 0.6) is 0 Å². The van der Waals surface area contributed by atoms with E-state index in [4.69, 9.17) is 0 Å². The van der Waals surface area contributed by atoms with Crippen molar-refractivity contribution < 1.29 is 5.48 Å². The van der Waals surface area contributed by atoms with E-state index < -0.39 is 0 Å². The Balaban J connectivity index is 1.48. The molecule has 0 saturated heterocycles. The number of fused-ring (bicyclic) bond motifs is 7. The summed E-state index contributed by atoms with van der Waals surface area (Å²) in [4.78, 5) is 0. The predicted octanol–water partition coefficient (Wildman–Crippen LogP) is 10.8. The van der Waals surface area contributed by atoms with Gasteiger partial charge in [-0.05, 0) is 66.7 Å². The largest absolute Gasteiger partial charge is 0.135 e. The van der Waals surface area contributed by atoms with Gasteiger partial charge in [-0.15, -0.1) is 11.3 Å². The number of rotatable bonds is 2. The molecule has 1 heteroatoms. The highest BCUT2D eigenvalue weighted by Gasteiger charge is 2.14. The van der Waals surface area contributed by atoms with Gasteiger partial charge in [0.15, 0.2) is 0 Å². The van der Waals surface area contributed by atoms with Gasteiger partial charge in [0.1, 0.15) is 0 Å². The number of hydrogen-bond donors (Lipinski definition) is 0. The second-order valence-electron chi connectivity index (χ2n) is 9.39. The zero-order valence-electron chi connectivity index (χ0n) is 23.8. The Morgan fingerprint density at radius 2 is 1.14 bits per heavy atom. The fourth-order valence-electron chi connectivity index (χ4n) is 5.61. The molecular formula is C36H22S. The van der Waals surface area contributed by atoms with Crippen LogP contribution in [0.4, 0.5) is 0 Å². The molecule has 0 aliphatic rings. The summed E-state index contributed by atoms with van der Waals surface area (Å²) >= 11 is 1.63. The summed E-state index contributed by atoms with van der Waals surface area (Å²) < 4.78 is 39.2. The van der Waals surface area contributed by atoms with E-state index in [1.807, 2.05) is 60.7 Å². The molecular weight excluding hydrogens is 464 g/mol. The van der Waals surface area contributed by atoms with E-state index >= 15 is 0 Å². The second-order valence-corrected chi connectivity index (χ2v) is 10.4. The molecule has 0 spiro atoms. The van der Waals surface area contributed by atoms with Crippen molar-refractivity contribution in [3.05, 3.63) is 133 Å². The van der Waals surface area contributed by atoms with Crippen molar-refractivity contribution in [2.75, 3.05) is 0 Å². The molecule has 0 fully saturated rings. The molecule has 0 N–H and O–H groups in total. The average molecular weight is 491 g/mol. The topological polar surface area (TPSA) is 0 Å². The molecule has 8 aromatic rings. The summed E-state index contributed by atoms with van der Waals surface area (Å²) in [5.41, 5.74) is 2.16. The van der Waals surface area contributed by atoms with Crippen molar-refractivity contribution in [2.24, 2.45) is 0 Å². The fraction of sp³-hybridized carbons (Fsp3) is 0. The first-order valence-electron chi connectivity index (χ1n) is 14.4. The molecule has 0 saturated carbocycles. The molecule has 0 atom stereocenters. The van der Waals surface area contributed by atoms with Crippen LogP contribution in [0.25, 0.3) is 74.7 Å². The van der Waals surface area contributed by atoms with Crippen LogP contribution in [0.2, 0.25) is 0 Å². The SMILES string of the molecule is [2H]c1c([2H])c(-c2cccc3c2sc2ccccc23)c([2H])c([2H])c1-c1c2ccccc2cc2c1ccc1ccccc12. The molecule has 0 aliphatic heterocycles. The van der Waals surface area contributed by atoms with Gasteiger partial charge in [0.05, 0.1) is 5.48 Å². The van der Waals surface area contributed by atoms with E-state index in [1.54, 1.807) is 11.3 Å². The summed E-state index contributed by atoms with van der Waals surface area (Å²) in [5.74, 6) is 0. The van der Waals surface area contributed by atoms with Crippen LogP contribution in [-0.2, 0) is 0 Å². The standard InChI is InChI=1S/C36H22S/c1-3-10-27-23(8-1)20-21-31-33(27)22-26-9-2-4-11-28(26)35(31)25-18-16-24(17-19-25)29-13-7-14-32-30-12-5-6-15-34(30)37-36(29)32/h1-22H/i16D,17D,18D,19D. The van der Waals surface area contributed by atoms with Gasteiger partial charge in [0.25, 0.3) is 0 Å². The molecule has 0 unspecified atom stereocenters. The Labute approximate surface area is 224 Å². The summed E-state index contributed by atoms with van der Waals surface area (Å²) in [6, 6.07) is 36.6. The van der Waals surface area contributed by atoms with E-state index in [0.29, 0.717) is 11.1 Å². The highest BCUT2D eigenvalue weighted by atomic mass is 32.1. The molecule has 1 aromatic heterocycles. The molecule has 0 amide bonds. The van der Waals surface area contributed by atoms with Crippen molar-refractivity contribution in [3.8, 4) is 22.3 Å². The minimum absolute atomic E-state index is 0.0205. The van der Waals surface area contributed by atoms with Crippen LogP contribution in [-0.4, -0.2) is 0 Å². The monoisotopic (exact) mass is 490 g/mol. The fourth-order valence-corrected chi connectivity index (χ4v) is 6.83.